The number of rotatable bonds is 7. The largest absolute Gasteiger partial charge is 0.439 e. The third kappa shape index (κ3) is 4.21. The Morgan fingerprint density at radius 3 is 2.59 bits per heavy atom. The zero-order valence-electron chi connectivity index (χ0n) is 18.0. The van der Waals surface area contributed by atoms with E-state index >= 15 is 0 Å². The number of nitrogens with two attached hydrogens (primary N) is 1. The Morgan fingerprint density at radius 1 is 1.12 bits per heavy atom. The van der Waals surface area contributed by atoms with Gasteiger partial charge in [0.05, 0.1) is 6.54 Å². The third-order valence-corrected chi connectivity index (χ3v) is 6.11. The molecule has 1 aromatic carbocycles. The molecule has 5 rings (SSSR count). The number of fused-ring (bicyclic) bond motifs is 1. The SMILES string of the molecule is Cc1nc(N)c2[nH]c(=O)n(Cc3ccc(Oc4ccc(CCC5CCC5)cc4)nc3)c2n1. The number of imidazole rings is 1. The summed E-state index contributed by atoms with van der Waals surface area (Å²) >= 11 is 0. The molecule has 0 bridgehead atoms. The molecular weight excluding hydrogens is 404 g/mol. The highest BCUT2D eigenvalue weighted by atomic mass is 16.5. The van der Waals surface area contributed by atoms with Crippen molar-refractivity contribution in [3.8, 4) is 11.6 Å². The summed E-state index contributed by atoms with van der Waals surface area (Å²) in [4.78, 5) is 28.0. The van der Waals surface area contributed by atoms with Crippen molar-refractivity contribution in [2.45, 2.75) is 45.6 Å². The molecule has 1 aliphatic carbocycles. The number of aryl methyl sites for hydroxylation is 2. The smallest absolute Gasteiger partial charge is 0.328 e. The Morgan fingerprint density at radius 2 is 1.91 bits per heavy atom. The quantitative estimate of drug-likeness (QED) is 0.459. The van der Waals surface area contributed by atoms with Gasteiger partial charge < -0.3 is 15.5 Å². The molecule has 0 saturated heterocycles. The van der Waals surface area contributed by atoms with Crippen LogP contribution in [0.3, 0.4) is 0 Å². The number of aromatic nitrogens is 5. The van der Waals surface area contributed by atoms with E-state index in [2.05, 4.69) is 32.1 Å². The second-order valence-corrected chi connectivity index (χ2v) is 8.46. The van der Waals surface area contributed by atoms with Crippen LogP contribution in [0.1, 0.15) is 42.6 Å². The Hall–Kier alpha value is -3.68. The van der Waals surface area contributed by atoms with Crippen LogP contribution in [-0.2, 0) is 13.0 Å². The van der Waals surface area contributed by atoms with E-state index in [1.807, 2.05) is 18.2 Å². The van der Waals surface area contributed by atoms with E-state index < -0.39 is 0 Å². The lowest BCUT2D eigenvalue weighted by Crippen LogP contribution is -2.18. The average molecular weight is 431 g/mol. The number of nitrogen functional groups attached to an aromatic ring is 1. The van der Waals surface area contributed by atoms with E-state index in [1.165, 1.54) is 35.8 Å². The molecule has 3 aromatic heterocycles. The first kappa shape index (κ1) is 20.2. The Balaban J connectivity index is 1.25. The summed E-state index contributed by atoms with van der Waals surface area (Å²) < 4.78 is 7.41. The second kappa shape index (κ2) is 8.45. The van der Waals surface area contributed by atoms with Crippen molar-refractivity contribution in [3.05, 3.63) is 70.0 Å². The molecule has 3 N–H and O–H groups in total. The number of hydrogen-bond donors (Lipinski definition) is 2. The van der Waals surface area contributed by atoms with Gasteiger partial charge in [0.15, 0.2) is 11.5 Å². The topological polar surface area (TPSA) is 112 Å². The predicted octanol–water partition coefficient (Wildman–Crippen LogP) is 3.98. The highest BCUT2D eigenvalue weighted by Gasteiger charge is 2.17. The molecule has 32 heavy (non-hydrogen) atoms. The van der Waals surface area contributed by atoms with Gasteiger partial charge in [0.2, 0.25) is 5.88 Å². The van der Waals surface area contributed by atoms with E-state index in [0.717, 1.165) is 23.7 Å². The van der Waals surface area contributed by atoms with Crippen LogP contribution < -0.4 is 16.2 Å². The minimum Gasteiger partial charge on any atom is -0.439 e. The number of benzene rings is 1. The molecule has 8 nitrogen and oxygen atoms in total. The lowest BCUT2D eigenvalue weighted by Gasteiger charge is -2.25. The highest BCUT2D eigenvalue weighted by molar-refractivity contribution is 5.81. The molecule has 0 radical (unpaired) electrons. The van der Waals surface area contributed by atoms with E-state index in [0.29, 0.717) is 29.4 Å². The molecule has 0 amide bonds. The van der Waals surface area contributed by atoms with Crippen LogP contribution in [0.25, 0.3) is 11.2 Å². The number of nitrogens with zero attached hydrogens (tertiary/aromatic N) is 4. The molecule has 3 heterocycles. The summed E-state index contributed by atoms with van der Waals surface area (Å²) in [7, 11) is 0. The third-order valence-electron chi connectivity index (χ3n) is 6.11. The number of H-pyrrole nitrogens is 1. The van der Waals surface area contributed by atoms with Crippen molar-refractivity contribution in [2.75, 3.05) is 5.73 Å². The summed E-state index contributed by atoms with van der Waals surface area (Å²) in [5.41, 5.74) is 8.75. The molecule has 1 aliphatic rings. The van der Waals surface area contributed by atoms with Crippen LogP contribution in [0, 0.1) is 12.8 Å². The fourth-order valence-electron chi connectivity index (χ4n) is 4.06. The molecule has 0 aliphatic heterocycles. The Kier molecular flexibility index (Phi) is 5.34. The van der Waals surface area contributed by atoms with Crippen LogP contribution in [0.4, 0.5) is 5.82 Å². The van der Waals surface area contributed by atoms with Crippen molar-refractivity contribution >= 4 is 17.0 Å². The number of ether oxygens (including phenoxy) is 1. The lowest BCUT2D eigenvalue weighted by atomic mass is 9.81. The number of hydrogen-bond acceptors (Lipinski definition) is 6. The molecule has 0 spiro atoms. The minimum absolute atomic E-state index is 0.263. The lowest BCUT2D eigenvalue weighted by molar-refractivity contribution is 0.296. The van der Waals surface area contributed by atoms with Crippen molar-refractivity contribution in [1.29, 1.82) is 0 Å². The Labute approximate surface area is 185 Å². The summed E-state index contributed by atoms with van der Waals surface area (Å²) in [5, 5.41) is 0. The second-order valence-electron chi connectivity index (χ2n) is 8.46. The first-order valence-electron chi connectivity index (χ1n) is 11.0. The van der Waals surface area contributed by atoms with Crippen LogP contribution in [-0.4, -0.2) is 24.5 Å². The van der Waals surface area contributed by atoms with Crippen molar-refractivity contribution in [2.24, 2.45) is 5.92 Å². The van der Waals surface area contributed by atoms with Gasteiger partial charge in [-0.1, -0.05) is 37.5 Å². The van der Waals surface area contributed by atoms with Gasteiger partial charge in [0, 0.05) is 12.3 Å². The number of nitrogens with one attached hydrogen (secondary N) is 1. The summed E-state index contributed by atoms with van der Waals surface area (Å²) in [5.74, 6) is 2.96. The molecule has 0 atom stereocenters. The van der Waals surface area contributed by atoms with E-state index in [1.54, 1.807) is 19.2 Å². The van der Waals surface area contributed by atoms with Crippen molar-refractivity contribution < 1.29 is 4.74 Å². The molecule has 0 unspecified atom stereocenters. The van der Waals surface area contributed by atoms with Gasteiger partial charge in [0.1, 0.15) is 17.1 Å². The van der Waals surface area contributed by atoms with E-state index in [4.69, 9.17) is 10.5 Å². The van der Waals surface area contributed by atoms with Gasteiger partial charge in [-0.15, -0.1) is 0 Å². The van der Waals surface area contributed by atoms with Gasteiger partial charge in [-0.25, -0.2) is 19.7 Å². The van der Waals surface area contributed by atoms with Gasteiger partial charge in [-0.05, 0) is 48.9 Å². The normalized spacial score (nSPS) is 13.9. The van der Waals surface area contributed by atoms with Crippen LogP contribution in [0.2, 0.25) is 0 Å². The van der Waals surface area contributed by atoms with Crippen LogP contribution in [0.15, 0.2) is 47.4 Å². The predicted molar refractivity (Wildman–Crippen MR) is 123 cm³/mol. The maximum atomic E-state index is 12.4. The molecular formula is C24H26N6O2. The van der Waals surface area contributed by atoms with Gasteiger partial charge in [-0.3, -0.25) is 4.57 Å². The van der Waals surface area contributed by atoms with Gasteiger partial charge >= 0.3 is 5.69 Å². The van der Waals surface area contributed by atoms with E-state index in [9.17, 15) is 4.79 Å². The minimum atomic E-state index is -0.288. The van der Waals surface area contributed by atoms with Gasteiger partial charge in [0.25, 0.3) is 0 Å². The number of pyridine rings is 1. The van der Waals surface area contributed by atoms with Crippen LogP contribution in [0.5, 0.6) is 11.6 Å². The first-order valence-corrected chi connectivity index (χ1v) is 11.0. The van der Waals surface area contributed by atoms with Crippen LogP contribution >= 0.6 is 0 Å². The highest BCUT2D eigenvalue weighted by Crippen LogP contribution is 2.31. The molecule has 4 aromatic rings. The number of aromatic amines is 1. The number of anilines is 1. The molecule has 8 heteroatoms. The summed E-state index contributed by atoms with van der Waals surface area (Å²) in [6, 6.07) is 11.9. The fourth-order valence-corrected chi connectivity index (χ4v) is 4.06. The summed E-state index contributed by atoms with van der Waals surface area (Å²) in [6.07, 6.45) is 8.27. The maximum absolute atomic E-state index is 12.4. The average Bonchev–Trinajstić information content (AvgIpc) is 3.05. The van der Waals surface area contributed by atoms with E-state index in [-0.39, 0.29) is 11.5 Å². The zero-order chi connectivity index (χ0) is 22.1. The monoisotopic (exact) mass is 430 g/mol. The molecule has 164 valence electrons. The van der Waals surface area contributed by atoms with Gasteiger partial charge in [-0.2, -0.15) is 0 Å². The summed E-state index contributed by atoms with van der Waals surface area (Å²) in [6.45, 7) is 2.06. The molecule has 1 fully saturated rings. The first-order chi connectivity index (χ1) is 15.5. The van der Waals surface area contributed by atoms with Crippen molar-refractivity contribution in [1.82, 2.24) is 24.5 Å². The maximum Gasteiger partial charge on any atom is 0.328 e. The Bertz CT molecular complexity index is 1290. The fraction of sp³-hybridized carbons (Fsp3) is 0.333. The zero-order valence-corrected chi connectivity index (χ0v) is 18.0. The molecule has 1 saturated carbocycles. The standard InChI is InChI=1S/C24H26N6O2/c1-15-27-22(25)21-23(28-15)30(24(31)29-21)14-18-9-12-20(26-13-18)32-19-10-7-17(8-11-19)6-5-16-3-2-4-16/h7-13,16H,2-6,14H2,1H3,(H,29,31)(H2,25,27,28). The van der Waals surface area contributed by atoms with Crippen molar-refractivity contribution in [3.63, 3.8) is 0 Å².